The van der Waals surface area contributed by atoms with Crippen molar-refractivity contribution in [3.8, 4) is 0 Å². The first-order valence-corrected chi connectivity index (χ1v) is 14.0. The minimum absolute atomic E-state index is 0.0392. The van der Waals surface area contributed by atoms with Crippen LogP contribution in [0.15, 0.2) is 36.4 Å². The Kier molecular flexibility index (Phi) is 8.62. The molecule has 1 aromatic carbocycles. The molecule has 1 saturated carbocycles. The van der Waals surface area contributed by atoms with Gasteiger partial charge in [0.05, 0.1) is 13.2 Å². The number of esters is 1. The fourth-order valence-electron chi connectivity index (χ4n) is 3.54. The molecule has 1 aromatic rings. The zero-order chi connectivity index (χ0) is 22.4. The molecule has 1 aliphatic rings. The number of carbonyl (C=O) groups excluding carboxylic acids is 2. The number of hydrogen-bond acceptors (Lipinski definition) is 4. The Morgan fingerprint density at radius 2 is 1.83 bits per heavy atom. The van der Waals surface area contributed by atoms with Crippen molar-refractivity contribution >= 4 is 20.1 Å². The second-order valence-corrected chi connectivity index (χ2v) is 14.6. The summed E-state index contributed by atoms with van der Waals surface area (Å²) in [6, 6.07) is 8.42. The lowest BCUT2D eigenvalue weighted by Crippen LogP contribution is -2.43. The number of ether oxygens (including phenoxy) is 1. The summed E-state index contributed by atoms with van der Waals surface area (Å²) in [5.74, 6) is 0.108. The van der Waals surface area contributed by atoms with Gasteiger partial charge in [-0.3, -0.25) is 9.59 Å². The minimum Gasteiger partial charge on any atom is -0.469 e. The van der Waals surface area contributed by atoms with Gasteiger partial charge in [-0.2, -0.15) is 0 Å². The number of benzene rings is 1. The van der Waals surface area contributed by atoms with E-state index in [2.05, 4.69) is 75.0 Å². The highest BCUT2D eigenvalue weighted by molar-refractivity contribution is 6.74. The predicted octanol–water partition coefficient (Wildman–Crippen LogP) is 5.97. The van der Waals surface area contributed by atoms with E-state index in [9.17, 15) is 9.59 Å². The Morgan fingerprint density at radius 3 is 2.43 bits per heavy atom. The van der Waals surface area contributed by atoms with E-state index in [-0.39, 0.29) is 23.0 Å². The van der Waals surface area contributed by atoms with Crippen molar-refractivity contribution in [1.82, 2.24) is 0 Å². The standard InChI is InChI=1S/C25H38O4Si/c1-25(2,3)30(5,6)29-21-17-22(23(26)18-21)20-15-13-19(14-16-20)11-9-7-8-10-12-24(27)28-4/h7,9,13-16,21-22H,8,10-12,17-18H2,1-6H3/b9-7-/t21-,22?/m1/s1. The van der Waals surface area contributed by atoms with Crippen LogP contribution in [0, 0.1) is 0 Å². The third-order valence-electron chi connectivity index (χ3n) is 6.47. The molecular weight excluding hydrogens is 392 g/mol. The second kappa shape index (κ2) is 10.5. The molecule has 1 fully saturated rings. The molecule has 4 nitrogen and oxygen atoms in total. The highest BCUT2D eigenvalue weighted by Gasteiger charge is 2.43. The lowest BCUT2D eigenvalue weighted by molar-refractivity contribution is -0.140. The van der Waals surface area contributed by atoms with Crippen LogP contribution in [0.4, 0.5) is 0 Å². The number of hydrogen-bond donors (Lipinski definition) is 0. The van der Waals surface area contributed by atoms with Gasteiger partial charge in [0, 0.05) is 18.8 Å². The fraction of sp³-hybridized carbons (Fsp3) is 0.600. The van der Waals surface area contributed by atoms with Crippen molar-refractivity contribution in [3.63, 3.8) is 0 Å². The van der Waals surface area contributed by atoms with Crippen LogP contribution in [0.5, 0.6) is 0 Å². The zero-order valence-electron chi connectivity index (χ0n) is 19.5. The quantitative estimate of drug-likeness (QED) is 0.210. The number of carbonyl (C=O) groups is 2. The summed E-state index contributed by atoms with van der Waals surface area (Å²) in [6.45, 7) is 11.2. The third kappa shape index (κ3) is 6.91. The molecule has 2 rings (SSSR count). The molecule has 1 aliphatic carbocycles. The van der Waals surface area contributed by atoms with E-state index in [1.165, 1.54) is 12.7 Å². The number of methoxy groups -OCH3 is 1. The number of unbranched alkanes of at least 4 members (excludes halogenated alkanes) is 1. The zero-order valence-corrected chi connectivity index (χ0v) is 20.5. The minimum atomic E-state index is -1.86. The van der Waals surface area contributed by atoms with Gasteiger partial charge in [-0.25, -0.2) is 0 Å². The van der Waals surface area contributed by atoms with Gasteiger partial charge in [-0.1, -0.05) is 57.2 Å². The maximum Gasteiger partial charge on any atom is 0.305 e. The molecule has 5 heteroatoms. The summed E-state index contributed by atoms with van der Waals surface area (Å²) in [5, 5.41) is 0.155. The van der Waals surface area contributed by atoms with E-state index < -0.39 is 8.32 Å². The van der Waals surface area contributed by atoms with Crippen molar-refractivity contribution in [1.29, 1.82) is 0 Å². The lowest BCUT2D eigenvalue weighted by atomic mass is 9.95. The summed E-state index contributed by atoms with van der Waals surface area (Å²) in [6.07, 6.45) is 8.63. The molecule has 0 aliphatic heterocycles. The molecule has 0 amide bonds. The molecule has 0 radical (unpaired) electrons. The number of allylic oxidation sites excluding steroid dienone is 2. The normalized spacial score (nSPS) is 20.1. The van der Waals surface area contributed by atoms with Gasteiger partial charge < -0.3 is 9.16 Å². The van der Waals surface area contributed by atoms with Crippen LogP contribution in [-0.2, 0) is 25.2 Å². The average molecular weight is 431 g/mol. The predicted molar refractivity (Wildman–Crippen MR) is 124 cm³/mol. The van der Waals surface area contributed by atoms with Crippen molar-refractivity contribution in [2.45, 2.75) is 89.5 Å². The van der Waals surface area contributed by atoms with E-state index in [0.29, 0.717) is 18.6 Å². The van der Waals surface area contributed by atoms with Gasteiger partial charge in [0.1, 0.15) is 5.78 Å². The third-order valence-corrected chi connectivity index (χ3v) is 11.0. The summed E-state index contributed by atoms with van der Waals surface area (Å²) >= 11 is 0. The van der Waals surface area contributed by atoms with Gasteiger partial charge in [0.2, 0.25) is 0 Å². The van der Waals surface area contributed by atoms with Gasteiger partial charge >= 0.3 is 5.97 Å². The summed E-state index contributed by atoms with van der Waals surface area (Å²) in [4.78, 5) is 23.7. The van der Waals surface area contributed by atoms with E-state index in [1.54, 1.807) is 0 Å². The molecule has 2 atom stereocenters. The summed E-state index contributed by atoms with van der Waals surface area (Å²) in [5.41, 5.74) is 2.33. The van der Waals surface area contributed by atoms with Crippen molar-refractivity contribution in [3.05, 3.63) is 47.5 Å². The van der Waals surface area contributed by atoms with Gasteiger partial charge in [0.25, 0.3) is 0 Å². The van der Waals surface area contributed by atoms with Crippen LogP contribution in [-0.4, -0.2) is 33.3 Å². The van der Waals surface area contributed by atoms with Gasteiger partial charge in [0.15, 0.2) is 8.32 Å². The molecule has 166 valence electrons. The first-order valence-electron chi connectivity index (χ1n) is 11.0. The molecule has 30 heavy (non-hydrogen) atoms. The number of Topliss-reactive ketones (excluding diaryl/α,β-unsaturated/α-hetero) is 1. The molecule has 0 aromatic heterocycles. The van der Waals surface area contributed by atoms with Gasteiger partial charge in [-0.15, -0.1) is 0 Å². The van der Waals surface area contributed by atoms with Crippen LogP contribution >= 0.6 is 0 Å². The van der Waals surface area contributed by atoms with E-state index in [1.807, 2.05) is 0 Å². The molecule has 0 bridgehead atoms. The Bertz CT molecular complexity index is 743. The Morgan fingerprint density at radius 1 is 1.17 bits per heavy atom. The van der Waals surface area contributed by atoms with Crippen molar-refractivity contribution < 1.29 is 18.8 Å². The molecule has 0 spiro atoms. The first-order chi connectivity index (χ1) is 14.0. The first kappa shape index (κ1) is 24.5. The highest BCUT2D eigenvalue weighted by atomic mass is 28.4. The summed E-state index contributed by atoms with van der Waals surface area (Å²) in [7, 11) is -0.439. The number of rotatable bonds is 9. The number of ketones is 1. The van der Waals surface area contributed by atoms with Crippen LogP contribution < -0.4 is 0 Å². The Labute approximate surface area is 183 Å². The topological polar surface area (TPSA) is 52.6 Å². The van der Waals surface area contributed by atoms with Crippen molar-refractivity contribution in [2.24, 2.45) is 0 Å². The molecule has 0 saturated heterocycles. The summed E-state index contributed by atoms with van der Waals surface area (Å²) < 4.78 is 11.1. The highest BCUT2D eigenvalue weighted by Crippen LogP contribution is 2.41. The Balaban J connectivity index is 1.86. The maximum atomic E-state index is 12.6. The van der Waals surface area contributed by atoms with Crippen molar-refractivity contribution in [2.75, 3.05) is 7.11 Å². The lowest BCUT2D eigenvalue weighted by Gasteiger charge is -2.38. The second-order valence-electron chi connectivity index (χ2n) is 9.84. The monoisotopic (exact) mass is 430 g/mol. The largest absolute Gasteiger partial charge is 0.469 e. The smallest absolute Gasteiger partial charge is 0.305 e. The van der Waals surface area contributed by atoms with E-state index in [0.717, 1.165) is 31.2 Å². The Hall–Kier alpha value is -1.72. The molecular formula is C25H38O4Si. The fourth-order valence-corrected chi connectivity index (χ4v) is 4.91. The van der Waals surface area contributed by atoms with E-state index >= 15 is 0 Å². The molecule has 0 N–H and O–H groups in total. The SMILES string of the molecule is COC(=O)CCC/C=C\Cc1ccc(C2C[C@@H](O[Si](C)(C)C(C)(C)C)CC2=O)cc1. The maximum absolute atomic E-state index is 12.6. The van der Waals surface area contributed by atoms with Crippen LogP contribution in [0.25, 0.3) is 0 Å². The molecule has 1 unspecified atom stereocenters. The van der Waals surface area contributed by atoms with Gasteiger partial charge in [-0.05, 0) is 54.9 Å². The average Bonchev–Trinajstić information content (AvgIpc) is 3.03. The molecule has 0 heterocycles. The van der Waals surface area contributed by atoms with E-state index in [4.69, 9.17) is 4.43 Å². The van der Waals surface area contributed by atoms with Crippen LogP contribution in [0.1, 0.15) is 69.9 Å². The van der Waals surface area contributed by atoms with Crippen LogP contribution in [0.3, 0.4) is 0 Å². The van der Waals surface area contributed by atoms with Crippen LogP contribution in [0.2, 0.25) is 18.1 Å².